The Balaban J connectivity index is 2.07. The average molecular weight is 283 g/mol. The van der Waals surface area contributed by atoms with E-state index in [-0.39, 0.29) is 5.91 Å². The summed E-state index contributed by atoms with van der Waals surface area (Å²) in [6.07, 6.45) is 4.35. The maximum absolute atomic E-state index is 11.5. The van der Waals surface area contributed by atoms with Gasteiger partial charge in [-0.3, -0.25) is 4.79 Å². The van der Waals surface area contributed by atoms with Crippen LogP contribution >= 0.6 is 11.6 Å². The van der Waals surface area contributed by atoms with Gasteiger partial charge in [-0.15, -0.1) is 0 Å². The third-order valence-corrected chi connectivity index (χ3v) is 3.10. The lowest BCUT2D eigenvalue weighted by molar-refractivity contribution is -0.120. The molecule has 1 aromatic rings. The van der Waals surface area contributed by atoms with Crippen molar-refractivity contribution < 1.29 is 4.79 Å². The van der Waals surface area contributed by atoms with E-state index < -0.39 is 0 Å². The van der Waals surface area contributed by atoms with Gasteiger partial charge in [0.1, 0.15) is 0 Å². The molecule has 3 nitrogen and oxygen atoms in total. The Morgan fingerprint density at radius 1 is 1.26 bits per heavy atom. The fourth-order valence-electron chi connectivity index (χ4n) is 1.80. The Morgan fingerprint density at radius 2 is 2.11 bits per heavy atom. The first-order valence-electron chi connectivity index (χ1n) is 6.94. The number of unbranched alkanes of at least 4 members (excludes halogenated alkanes) is 2. The number of nitrogens with one attached hydrogen (secondary N) is 2. The summed E-state index contributed by atoms with van der Waals surface area (Å²) in [6, 6.07) is 7.72. The summed E-state index contributed by atoms with van der Waals surface area (Å²) in [5.74, 6) is 0.0542. The van der Waals surface area contributed by atoms with Gasteiger partial charge in [-0.25, -0.2) is 0 Å². The quantitative estimate of drug-likeness (QED) is 0.684. The number of amides is 1. The van der Waals surface area contributed by atoms with E-state index in [1.54, 1.807) is 0 Å². The molecule has 2 N–H and O–H groups in total. The van der Waals surface area contributed by atoms with Gasteiger partial charge in [0.05, 0.1) is 6.54 Å². The van der Waals surface area contributed by atoms with E-state index in [9.17, 15) is 4.79 Å². The van der Waals surface area contributed by atoms with Crippen molar-refractivity contribution in [2.75, 3.05) is 19.6 Å². The summed E-state index contributed by atoms with van der Waals surface area (Å²) in [6.45, 7) is 4.13. The number of carbonyl (C=O) groups is 1. The van der Waals surface area contributed by atoms with E-state index in [0.717, 1.165) is 30.0 Å². The lowest BCUT2D eigenvalue weighted by Crippen LogP contribution is -2.35. The molecule has 19 heavy (non-hydrogen) atoms. The van der Waals surface area contributed by atoms with Crippen LogP contribution in [-0.2, 0) is 11.2 Å². The second-order valence-corrected chi connectivity index (χ2v) is 5.05. The van der Waals surface area contributed by atoms with Crippen molar-refractivity contribution in [1.29, 1.82) is 0 Å². The summed E-state index contributed by atoms with van der Waals surface area (Å²) in [5, 5.41) is 6.78. The van der Waals surface area contributed by atoms with Gasteiger partial charge in [-0.1, -0.05) is 43.5 Å². The Morgan fingerprint density at radius 3 is 2.84 bits per heavy atom. The Bertz CT molecular complexity index is 382. The van der Waals surface area contributed by atoms with Crippen LogP contribution in [0.25, 0.3) is 0 Å². The first-order valence-corrected chi connectivity index (χ1v) is 7.32. The summed E-state index contributed by atoms with van der Waals surface area (Å²) in [4.78, 5) is 11.5. The van der Waals surface area contributed by atoms with E-state index in [2.05, 4.69) is 17.6 Å². The van der Waals surface area contributed by atoms with Crippen LogP contribution in [0, 0.1) is 0 Å². The van der Waals surface area contributed by atoms with Gasteiger partial charge in [0.2, 0.25) is 5.91 Å². The van der Waals surface area contributed by atoms with E-state index >= 15 is 0 Å². The number of halogens is 1. The van der Waals surface area contributed by atoms with Crippen molar-refractivity contribution in [3.63, 3.8) is 0 Å². The zero-order chi connectivity index (χ0) is 13.9. The second kappa shape index (κ2) is 9.82. The number of carbonyl (C=O) groups excluding carboxylic acids is 1. The third kappa shape index (κ3) is 7.85. The van der Waals surface area contributed by atoms with Crippen molar-refractivity contribution in [2.45, 2.75) is 32.6 Å². The highest BCUT2D eigenvalue weighted by Gasteiger charge is 2.00. The molecule has 1 amide bonds. The van der Waals surface area contributed by atoms with Gasteiger partial charge in [-0.2, -0.15) is 0 Å². The molecule has 0 atom stereocenters. The second-order valence-electron chi connectivity index (χ2n) is 4.61. The predicted octanol–water partition coefficient (Wildman–Crippen LogP) is 2.78. The van der Waals surface area contributed by atoms with Crippen LogP contribution in [-0.4, -0.2) is 25.5 Å². The molecule has 0 aromatic heterocycles. The van der Waals surface area contributed by atoms with Crippen LogP contribution in [0.4, 0.5) is 0 Å². The third-order valence-electron chi connectivity index (χ3n) is 2.87. The molecular weight excluding hydrogens is 260 g/mol. The molecule has 0 aliphatic carbocycles. The normalized spacial score (nSPS) is 10.4. The number of rotatable bonds is 9. The van der Waals surface area contributed by atoms with Gasteiger partial charge in [0.25, 0.3) is 0 Å². The lowest BCUT2D eigenvalue weighted by Gasteiger charge is -2.07. The summed E-state index contributed by atoms with van der Waals surface area (Å²) in [5.41, 5.74) is 1.14. The van der Waals surface area contributed by atoms with E-state index in [1.165, 1.54) is 12.8 Å². The minimum atomic E-state index is 0.0542. The number of hydrogen-bond acceptors (Lipinski definition) is 2. The lowest BCUT2D eigenvalue weighted by atomic mass is 10.1. The fraction of sp³-hybridized carbons (Fsp3) is 0.533. The molecule has 0 saturated heterocycles. The molecule has 0 aliphatic rings. The Hall–Kier alpha value is -1.06. The monoisotopic (exact) mass is 282 g/mol. The Labute approximate surface area is 120 Å². The van der Waals surface area contributed by atoms with Crippen molar-refractivity contribution >= 4 is 17.5 Å². The standard InChI is InChI=1S/C15H23ClN2O/c1-2-3-4-9-17-12-15(19)18-10-8-13-6-5-7-14(16)11-13/h5-7,11,17H,2-4,8-10,12H2,1H3,(H,18,19). The van der Waals surface area contributed by atoms with Crippen LogP contribution in [0.1, 0.15) is 31.7 Å². The largest absolute Gasteiger partial charge is 0.355 e. The van der Waals surface area contributed by atoms with E-state index in [0.29, 0.717) is 13.1 Å². The topological polar surface area (TPSA) is 41.1 Å². The highest BCUT2D eigenvalue weighted by Crippen LogP contribution is 2.10. The molecule has 0 radical (unpaired) electrons. The summed E-state index contributed by atoms with van der Waals surface area (Å²) >= 11 is 5.90. The van der Waals surface area contributed by atoms with E-state index in [4.69, 9.17) is 11.6 Å². The van der Waals surface area contributed by atoms with Gasteiger partial charge < -0.3 is 10.6 Å². The van der Waals surface area contributed by atoms with E-state index in [1.807, 2.05) is 24.3 Å². The minimum Gasteiger partial charge on any atom is -0.355 e. The maximum Gasteiger partial charge on any atom is 0.233 e. The zero-order valence-electron chi connectivity index (χ0n) is 11.5. The van der Waals surface area contributed by atoms with Crippen LogP contribution in [0.3, 0.4) is 0 Å². The summed E-state index contributed by atoms with van der Waals surface area (Å²) in [7, 11) is 0. The smallest absolute Gasteiger partial charge is 0.233 e. The molecule has 4 heteroatoms. The molecular formula is C15H23ClN2O. The number of hydrogen-bond donors (Lipinski definition) is 2. The molecule has 106 valence electrons. The minimum absolute atomic E-state index is 0.0542. The van der Waals surface area contributed by atoms with Crippen LogP contribution in [0.2, 0.25) is 5.02 Å². The highest BCUT2D eigenvalue weighted by atomic mass is 35.5. The van der Waals surface area contributed by atoms with Crippen molar-refractivity contribution in [3.8, 4) is 0 Å². The first kappa shape index (κ1) is 16.0. The first-order chi connectivity index (χ1) is 9.22. The molecule has 0 heterocycles. The molecule has 0 spiro atoms. The Kier molecular flexibility index (Phi) is 8.26. The average Bonchev–Trinajstić information content (AvgIpc) is 2.38. The van der Waals surface area contributed by atoms with Crippen molar-refractivity contribution in [1.82, 2.24) is 10.6 Å². The molecule has 0 saturated carbocycles. The van der Waals surface area contributed by atoms with Gasteiger partial charge in [0, 0.05) is 11.6 Å². The fourth-order valence-corrected chi connectivity index (χ4v) is 2.02. The molecule has 0 fully saturated rings. The van der Waals surface area contributed by atoms with Gasteiger partial charge in [-0.05, 0) is 37.1 Å². The zero-order valence-corrected chi connectivity index (χ0v) is 12.3. The van der Waals surface area contributed by atoms with Gasteiger partial charge in [0.15, 0.2) is 0 Å². The highest BCUT2D eigenvalue weighted by molar-refractivity contribution is 6.30. The molecule has 0 aliphatic heterocycles. The van der Waals surface area contributed by atoms with Crippen molar-refractivity contribution in [2.24, 2.45) is 0 Å². The molecule has 1 rings (SSSR count). The molecule has 1 aromatic carbocycles. The maximum atomic E-state index is 11.5. The SMILES string of the molecule is CCCCCNCC(=O)NCCc1cccc(Cl)c1. The number of benzene rings is 1. The predicted molar refractivity (Wildman–Crippen MR) is 80.6 cm³/mol. The summed E-state index contributed by atoms with van der Waals surface area (Å²) < 4.78 is 0. The van der Waals surface area contributed by atoms with Gasteiger partial charge >= 0.3 is 0 Å². The molecule has 0 unspecified atom stereocenters. The van der Waals surface area contributed by atoms with Crippen LogP contribution in [0.15, 0.2) is 24.3 Å². The molecule has 0 bridgehead atoms. The van der Waals surface area contributed by atoms with Crippen LogP contribution < -0.4 is 10.6 Å². The van der Waals surface area contributed by atoms with Crippen molar-refractivity contribution in [3.05, 3.63) is 34.9 Å². The van der Waals surface area contributed by atoms with Crippen LogP contribution in [0.5, 0.6) is 0 Å².